The molecule has 0 atom stereocenters. The van der Waals surface area contributed by atoms with Crippen molar-refractivity contribution in [3.05, 3.63) is 64.7 Å². The number of aryl methyl sites for hydroxylation is 1. The highest BCUT2D eigenvalue weighted by atomic mass is 16.2. The molecule has 0 saturated carbocycles. The molecule has 1 amide bonds. The van der Waals surface area contributed by atoms with Crippen molar-refractivity contribution in [3.8, 4) is 17.9 Å². The smallest absolute Gasteiger partial charge is 0.254 e. The van der Waals surface area contributed by atoms with E-state index < -0.39 is 0 Å². The molecule has 4 nitrogen and oxygen atoms in total. The average molecular weight is 357 g/mol. The van der Waals surface area contributed by atoms with Crippen LogP contribution < -0.4 is 4.90 Å². The van der Waals surface area contributed by atoms with E-state index in [9.17, 15) is 4.79 Å². The lowest BCUT2D eigenvalue weighted by atomic mass is 10.0. The Morgan fingerprint density at radius 1 is 1.15 bits per heavy atom. The minimum atomic E-state index is 0.126. The maximum atomic E-state index is 12.6. The predicted octanol–water partition coefficient (Wildman–Crippen LogP) is 3.59. The molecule has 0 aliphatic carbocycles. The minimum Gasteiger partial charge on any atom is -0.363 e. The van der Waals surface area contributed by atoms with E-state index >= 15 is 0 Å². The number of likely N-dealkylation sites (tertiary alicyclic amines) is 1. The molecule has 0 radical (unpaired) electrons. The molecular formula is C23H23N3O. The standard InChI is InChI=1S/C23H23N3O/c1-18-15-19(10-11-22(18)23(27)26-13-3-4-14-26)8-6-12-25(2)21-9-5-7-20(16-21)17-24/h5,7,9-11,15-16H,3-4,12-14H2,1-2H3. The van der Waals surface area contributed by atoms with Gasteiger partial charge in [-0.1, -0.05) is 17.9 Å². The summed E-state index contributed by atoms with van der Waals surface area (Å²) in [6.07, 6.45) is 2.19. The molecule has 136 valence electrons. The summed E-state index contributed by atoms with van der Waals surface area (Å²) in [6.45, 7) is 4.24. The average Bonchev–Trinajstić information content (AvgIpc) is 3.22. The summed E-state index contributed by atoms with van der Waals surface area (Å²) < 4.78 is 0. The van der Waals surface area contributed by atoms with Crippen LogP contribution >= 0.6 is 0 Å². The Bertz CT molecular complexity index is 940. The summed E-state index contributed by atoms with van der Waals surface area (Å²) in [5, 5.41) is 9.00. The number of anilines is 1. The number of rotatable bonds is 3. The number of nitriles is 1. The van der Waals surface area contributed by atoms with Crippen LogP contribution in [0.25, 0.3) is 0 Å². The molecule has 0 bridgehead atoms. The molecular weight excluding hydrogens is 334 g/mol. The van der Waals surface area contributed by atoms with E-state index in [0.29, 0.717) is 12.1 Å². The van der Waals surface area contributed by atoms with Crippen LogP contribution in [0.5, 0.6) is 0 Å². The third kappa shape index (κ3) is 4.49. The number of carbonyl (C=O) groups excluding carboxylic acids is 1. The van der Waals surface area contributed by atoms with Gasteiger partial charge in [0, 0.05) is 37.0 Å². The summed E-state index contributed by atoms with van der Waals surface area (Å²) >= 11 is 0. The van der Waals surface area contributed by atoms with E-state index in [1.54, 1.807) is 6.07 Å². The first kappa shape index (κ1) is 18.5. The molecule has 1 aliphatic heterocycles. The maximum Gasteiger partial charge on any atom is 0.254 e. The van der Waals surface area contributed by atoms with E-state index in [1.807, 2.05) is 60.2 Å². The Labute approximate surface area is 161 Å². The van der Waals surface area contributed by atoms with Crippen molar-refractivity contribution in [2.24, 2.45) is 0 Å². The van der Waals surface area contributed by atoms with Crippen molar-refractivity contribution in [2.45, 2.75) is 19.8 Å². The van der Waals surface area contributed by atoms with Gasteiger partial charge < -0.3 is 9.80 Å². The third-order valence-electron chi connectivity index (χ3n) is 4.82. The van der Waals surface area contributed by atoms with E-state index in [2.05, 4.69) is 17.9 Å². The number of nitrogens with zero attached hydrogens (tertiary/aromatic N) is 3. The van der Waals surface area contributed by atoms with Gasteiger partial charge >= 0.3 is 0 Å². The fourth-order valence-electron chi connectivity index (χ4n) is 3.24. The second-order valence-corrected chi connectivity index (χ2v) is 6.85. The highest BCUT2D eigenvalue weighted by Gasteiger charge is 2.20. The van der Waals surface area contributed by atoms with Gasteiger partial charge in [0.15, 0.2) is 0 Å². The van der Waals surface area contributed by atoms with Crippen LogP contribution in [0.3, 0.4) is 0 Å². The van der Waals surface area contributed by atoms with Gasteiger partial charge in [-0.25, -0.2) is 0 Å². The lowest BCUT2D eigenvalue weighted by molar-refractivity contribution is 0.0792. The molecule has 2 aromatic rings. The van der Waals surface area contributed by atoms with Gasteiger partial charge in [0.05, 0.1) is 18.2 Å². The van der Waals surface area contributed by atoms with E-state index in [0.717, 1.165) is 48.3 Å². The Morgan fingerprint density at radius 3 is 2.63 bits per heavy atom. The van der Waals surface area contributed by atoms with Crippen LogP contribution in [0.2, 0.25) is 0 Å². The molecule has 27 heavy (non-hydrogen) atoms. The molecule has 2 aromatic carbocycles. The summed E-state index contributed by atoms with van der Waals surface area (Å²) in [5.74, 6) is 6.46. The Hall–Kier alpha value is -3.24. The van der Waals surface area contributed by atoms with Crippen molar-refractivity contribution >= 4 is 11.6 Å². The zero-order chi connectivity index (χ0) is 19.2. The van der Waals surface area contributed by atoms with Crippen LogP contribution in [0, 0.1) is 30.1 Å². The van der Waals surface area contributed by atoms with E-state index in [4.69, 9.17) is 5.26 Å². The summed E-state index contributed by atoms with van der Waals surface area (Å²) in [6, 6.07) is 15.4. The molecule has 0 unspecified atom stereocenters. The number of amides is 1. The van der Waals surface area contributed by atoms with Crippen molar-refractivity contribution in [1.29, 1.82) is 5.26 Å². The number of hydrogen-bond acceptors (Lipinski definition) is 3. The number of benzene rings is 2. The molecule has 1 heterocycles. The maximum absolute atomic E-state index is 12.6. The van der Waals surface area contributed by atoms with E-state index in [-0.39, 0.29) is 5.91 Å². The van der Waals surface area contributed by atoms with Gasteiger partial charge in [-0.3, -0.25) is 4.79 Å². The van der Waals surface area contributed by atoms with Crippen molar-refractivity contribution in [2.75, 3.05) is 31.6 Å². The van der Waals surface area contributed by atoms with Crippen molar-refractivity contribution < 1.29 is 4.79 Å². The third-order valence-corrected chi connectivity index (χ3v) is 4.82. The van der Waals surface area contributed by atoms with Gasteiger partial charge in [0.2, 0.25) is 0 Å². The summed E-state index contributed by atoms with van der Waals surface area (Å²) in [5.41, 5.74) is 4.25. The van der Waals surface area contributed by atoms with Crippen LogP contribution in [0.15, 0.2) is 42.5 Å². The van der Waals surface area contributed by atoms with Crippen molar-refractivity contribution in [3.63, 3.8) is 0 Å². The highest BCUT2D eigenvalue weighted by molar-refractivity contribution is 5.96. The van der Waals surface area contributed by atoms with Crippen LogP contribution in [0.1, 0.15) is 39.9 Å². The molecule has 1 aliphatic rings. The van der Waals surface area contributed by atoms with Gasteiger partial charge in [-0.2, -0.15) is 5.26 Å². The number of hydrogen-bond donors (Lipinski definition) is 0. The molecule has 0 aromatic heterocycles. The first-order valence-electron chi connectivity index (χ1n) is 9.18. The molecule has 3 rings (SSSR count). The van der Waals surface area contributed by atoms with Gasteiger partial charge in [-0.05, 0) is 61.7 Å². The van der Waals surface area contributed by atoms with E-state index in [1.165, 1.54) is 0 Å². The van der Waals surface area contributed by atoms with Crippen LogP contribution in [0.4, 0.5) is 5.69 Å². The zero-order valence-electron chi connectivity index (χ0n) is 15.8. The first-order valence-corrected chi connectivity index (χ1v) is 9.18. The van der Waals surface area contributed by atoms with Crippen LogP contribution in [-0.4, -0.2) is 37.5 Å². The summed E-state index contributed by atoms with van der Waals surface area (Å²) in [7, 11) is 1.95. The van der Waals surface area contributed by atoms with Gasteiger partial charge in [0.25, 0.3) is 5.91 Å². The summed E-state index contributed by atoms with van der Waals surface area (Å²) in [4.78, 5) is 16.5. The van der Waals surface area contributed by atoms with Gasteiger partial charge in [0.1, 0.15) is 0 Å². The SMILES string of the molecule is Cc1cc(C#CCN(C)c2cccc(C#N)c2)ccc1C(=O)N1CCCC1. The largest absolute Gasteiger partial charge is 0.363 e. The topological polar surface area (TPSA) is 47.3 Å². The molecule has 4 heteroatoms. The first-order chi connectivity index (χ1) is 13.1. The Morgan fingerprint density at radius 2 is 1.93 bits per heavy atom. The number of carbonyl (C=O) groups is 1. The lowest BCUT2D eigenvalue weighted by Gasteiger charge is -2.17. The molecule has 0 spiro atoms. The monoisotopic (exact) mass is 357 g/mol. The van der Waals surface area contributed by atoms with Crippen molar-refractivity contribution in [1.82, 2.24) is 4.90 Å². The van der Waals surface area contributed by atoms with Gasteiger partial charge in [-0.15, -0.1) is 0 Å². The second-order valence-electron chi connectivity index (χ2n) is 6.85. The quantitative estimate of drug-likeness (QED) is 0.789. The minimum absolute atomic E-state index is 0.126. The highest BCUT2D eigenvalue weighted by Crippen LogP contribution is 2.17. The molecule has 1 saturated heterocycles. The Balaban J connectivity index is 1.67. The normalized spacial score (nSPS) is 12.9. The Kier molecular flexibility index (Phi) is 5.79. The molecule has 1 fully saturated rings. The second kappa shape index (κ2) is 8.43. The predicted molar refractivity (Wildman–Crippen MR) is 108 cm³/mol. The lowest BCUT2D eigenvalue weighted by Crippen LogP contribution is -2.28. The zero-order valence-corrected chi connectivity index (χ0v) is 15.8. The van der Waals surface area contributed by atoms with Crippen LogP contribution in [-0.2, 0) is 0 Å². The fraction of sp³-hybridized carbons (Fsp3) is 0.304. The molecule has 0 N–H and O–H groups in total. The fourth-order valence-corrected chi connectivity index (χ4v) is 3.24.